The largest absolute Gasteiger partial charge is 0.499 e. The second-order valence-corrected chi connectivity index (χ2v) is 28.2. The molecule has 4 aliphatic rings. The lowest BCUT2D eigenvalue weighted by Gasteiger charge is -2.28. The van der Waals surface area contributed by atoms with Crippen molar-refractivity contribution < 1.29 is 45.2 Å². The number of hydrogen-bond donors (Lipinski definition) is 0. The fraction of sp³-hybridized carbons (Fsp3) is 0.493. The van der Waals surface area contributed by atoms with E-state index in [1.807, 2.05) is 31.2 Å². The number of nitrogens with zero attached hydrogens (tertiary/aromatic N) is 4. The maximum Gasteiger partial charge on any atom is 0.338 e. The van der Waals surface area contributed by atoms with Gasteiger partial charge in [-0.05, 0) is 93.2 Å². The topological polar surface area (TPSA) is 90.9 Å². The number of rotatable bonds is 19. The zero-order valence-corrected chi connectivity index (χ0v) is 55.6. The number of carbonyl (C=O) groups is 1. The van der Waals surface area contributed by atoms with Gasteiger partial charge in [0.25, 0.3) is 10.1 Å². The van der Waals surface area contributed by atoms with Crippen molar-refractivity contribution in [2.24, 2.45) is 11.3 Å². The van der Waals surface area contributed by atoms with Gasteiger partial charge < -0.3 is 9.47 Å². The highest BCUT2D eigenvalue weighted by Crippen LogP contribution is 2.43. The Morgan fingerprint density at radius 3 is 1.38 bits per heavy atom. The predicted molar refractivity (Wildman–Crippen MR) is 350 cm³/mol. The Bertz CT molecular complexity index is 3420. The molecule has 0 N–H and O–H groups in total. The summed E-state index contributed by atoms with van der Waals surface area (Å²) in [6, 6.07) is 42.3. The van der Waals surface area contributed by atoms with Crippen molar-refractivity contribution in [2.75, 3.05) is 46.2 Å². The van der Waals surface area contributed by atoms with Crippen LogP contribution in [0, 0.1) is 11.3 Å². The van der Waals surface area contributed by atoms with E-state index in [0.717, 1.165) is 57.7 Å². The zero-order valence-electron chi connectivity index (χ0n) is 54.8. The molecule has 5 aromatic rings. The van der Waals surface area contributed by atoms with E-state index in [-0.39, 0.29) is 38.8 Å². The summed E-state index contributed by atoms with van der Waals surface area (Å²) in [5, 5.41) is 0. The third-order valence-corrected chi connectivity index (χ3v) is 20.6. The molecule has 0 aromatic heterocycles. The van der Waals surface area contributed by atoms with Crippen LogP contribution in [0.15, 0.2) is 134 Å². The van der Waals surface area contributed by atoms with E-state index >= 15 is 0 Å². The Labute approximate surface area is 506 Å². The number of esters is 1. The average Bonchev–Trinajstić information content (AvgIpc) is 2.05. The third kappa shape index (κ3) is 14.8. The number of allylic oxidation sites excluding steroid dienone is 1. The molecule has 0 saturated heterocycles. The summed E-state index contributed by atoms with van der Waals surface area (Å²) in [7, 11) is 0.0191. The maximum absolute atomic E-state index is 12.4. The van der Waals surface area contributed by atoms with Gasteiger partial charge in [-0.2, -0.15) is 22.1 Å². The average molecular weight is 1160 g/mol. The van der Waals surface area contributed by atoms with Crippen LogP contribution in [0.4, 0.5) is 22.7 Å². The van der Waals surface area contributed by atoms with Crippen molar-refractivity contribution in [2.45, 2.75) is 178 Å². The second kappa shape index (κ2) is 27.4. The molecule has 5 aromatic carbocycles. The Kier molecular flexibility index (Phi) is 21.8. The van der Waals surface area contributed by atoms with Crippen molar-refractivity contribution in [3.8, 4) is 0 Å². The van der Waals surface area contributed by atoms with Crippen molar-refractivity contribution in [3.63, 3.8) is 0 Å². The number of carbonyl (C=O) groups excluding carboxylic acids is 1. The lowest BCUT2D eigenvalue weighted by molar-refractivity contribution is -0.456. The van der Waals surface area contributed by atoms with Crippen LogP contribution in [0.25, 0.3) is 0 Å². The maximum atomic E-state index is 12.4. The van der Waals surface area contributed by atoms with Gasteiger partial charge in [0.2, 0.25) is 22.7 Å². The summed E-state index contributed by atoms with van der Waals surface area (Å²) in [4.78, 5) is 12.4. The van der Waals surface area contributed by atoms with Crippen LogP contribution in [0.3, 0.4) is 0 Å². The van der Waals surface area contributed by atoms with Crippen LogP contribution in [-0.2, 0) is 52.0 Å². The highest BCUT2D eigenvalue weighted by Gasteiger charge is 2.45. The van der Waals surface area contributed by atoms with E-state index < -0.39 is 10.1 Å². The van der Waals surface area contributed by atoms with E-state index in [1.165, 1.54) is 80.5 Å². The smallest absolute Gasteiger partial charge is 0.338 e. The number of para-hydroxylation sites is 4. The first-order valence-electron chi connectivity index (χ1n) is 30.5. The highest BCUT2D eigenvalue weighted by molar-refractivity contribution is 7.86. The molecule has 11 heteroatoms. The molecule has 9 rings (SSSR count). The lowest BCUT2D eigenvalue weighted by Crippen LogP contribution is -2.27. The number of ether oxygens (including phenoxy) is 2. The van der Waals surface area contributed by atoms with Crippen LogP contribution >= 0.6 is 0 Å². The monoisotopic (exact) mass is 1160 g/mol. The fourth-order valence-electron chi connectivity index (χ4n) is 11.7. The zero-order chi connectivity index (χ0) is 62.2. The molecule has 4 aliphatic heterocycles. The molecular formula is C73H102N4O6S+4. The quantitative estimate of drug-likeness (QED) is 0.0269. The van der Waals surface area contributed by atoms with E-state index in [9.17, 15) is 13.2 Å². The van der Waals surface area contributed by atoms with Crippen LogP contribution in [-0.4, -0.2) is 102 Å². The van der Waals surface area contributed by atoms with E-state index in [1.54, 1.807) is 0 Å². The Balaban J connectivity index is 0.000000186. The van der Waals surface area contributed by atoms with Gasteiger partial charge in [0.05, 0.1) is 59.1 Å². The molecule has 10 nitrogen and oxygen atoms in total. The third-order valence-electron chi connectivity index (χ3n) is 19.3. The van der Waals surface area contributed by atoms with Crippen LogP contribution in [0.5, 0.6) is 0 Å². The van der Waals surface area contributed by atoms with Gasteiger partial charge in [0.1, 0.15) is 20.1 Å². The minimum absolute atomic E-state index is 0.0289. The first-order valence-corrected chi connectivity index (χ1v) is 32.1. The predicted octanol–water partition coefficient (Wildman–Crippen LogP) is 16.5. The summed E-state index contributed by atoms with van der Waals surface area (Å²) in [5.41, 5.74) is 18.5. The minimum Gasteiger partial charge on any atom is -0.499 e. The molecule has 452 valence electrons. The Morgan fingerprint density at radius 2 is 0.952 bits per heavy atom. The van der Waals surface area contributed by atoms with Gasteiger partial charge in [-0.15, -0.1) is 0 Å². The minimum atomic E-state index is -3.34. The molecule has 0 unspecified atom stereocenters. The molecule has 0 saturated carbocycles. The summed E-state index contributed by atoms with van der Waals surface area (Å²) in [6.45, 7) is 45.4. The first-order chi connectivity index (χ1) is 39.4. The van der Waals surface area contributed by atoms with E-state index in [0.29, 0.717) is 24.5 Å². The molecule has 0 radical (unpaired) electrons. The lowest BCUT2D eigenvalue weighted by atomic mass is 9.82. The van der Waals surface area contributed by atoms with Gasteiger partial charge >= 0.3 is 5.97 Å². The Morgan fingerprint density at radius 1 is 0.560 bits per heavy atom. The van der Waals surface area contributed by atoms with Crippen molar-refractivity contribution in [1.29, 1.82) is 0 Å². The summed E-state index contributed by atoms with van der Waals surface area (Å²) in [5.74, 6) is 1.20. The number of unbranched alkanes of at least 4 members (excludes halogenated alkanes) is 2. The molecule has 0 fully saturated rings. The second-order valence-electron chi connectivity index (χ2n) is 26.3. The van der Waals surface area contributed by atoms with E-state index in [4.69, 9.17) is 9.47 Å². The summed E-state index contributed by atoms with van der Waals surface area (Å²) in [6.07, 6.45) is 4.69. The molecule has 0 atom stereocenters. The highest BCUT2D eigenvalue weighted by atomic mass is 32.2. The van der Waals surface area contributed by atoms with Crippen LogP contribution in [0.2, 0.25) is 0 Å². The SMILES string of the molecule is C=C(CCCC[N+]1=C(C)C(C)(C)c2ccccc21)OCC.CC1=[N+](C)c2ccccc2C1(C)C.CC1=[N+](Cc2ccc(C(=O)OCC(C)(C)C(C)C)cc2)c2ccccc2C1(C)C.COS(=O)(=O)CCCC[N+]1=C(C)C(C)(C)c2ccccc21. The standard InChI is InChI=1S/C26H34NO2.C19H28NO.C16H24NO3S.C12H16N/c1-18(2)25(4,5)17-29-24(28)21-14-12-20(13-15-21)16-27-19(3)26(6,7)22-10-8-9-11-23(22)27;1-6-21-15(2)11-9-10-14-20-16(3)19(4,5)17-12-7-8-13-18(17)20;1-13-16(2,3)14-9-5-6-10-15(14)17(13)11-7-8-12-21(18,19)20-4;1-9-12(2,3)10-7-5-6-8-11(10)13(9)4/h8-15,18H,16-17H2,1-7H3;7-8,12-13H,2,6,9-11,14H2,1,3-5H3;5-6,9-10H,7-8,11-12H2,1-4H3;5-8H,1-4H3/q4*+1. The van der Waals surface area contributed by atoms with Gasteiger partial charge in [-0.25, -0.2) is 9.37 Å². The van der Waals surface area contributed by atoms with Crippen molar-refractivity contribution in [1.82, 2.24) is 0 Å². The summed E-state index contributed by atoms with van der Waals surface area (Å²) < 4.78 is 47.6. The van der Waals surface area contributed by atoms with Gasteiger partial charge in [0.15, 0.2) is 29.4 Å². The molecular weight excluding hydrogens is 1060 g/mol. The molecule has 0 bridgehead atoms. The fourth-order valence-corrected chi connectivity index (χ4v) is 12.4. The Hall–Kier alpha value is -6.30. The van der Waals surface area contributed by atoms with Gasteiger partial charge in [0, 0.05) is 104 Å². The molecule has 0 spiro atoms. The molecule has 4 heterocycles. The number of fused-ring (bicyclic) bond motifs is 4. The van der Waals surface area contributed by atoms with Gasteiger partial charge in [-0.1, -0.05) is 119 Å². The van der Waals surface area contributed by atoms with Crippen LogP contribution < -0.4 is 0 Å². The van der Waals surface area contributed by atoms with E-state index in [2.05, 4.69) is 244 Å². The van der Waals surface area contributed by atoms with Crippen LogP contribution in [0.1, 0.15) is 188 Å². The van der Waals surface area contributed by atoms with Crippen molar-refractivity contribution >= 4 is 61.7 Å². The molecule has 84 heavy (non-hydrogen) atoms. The molecule has 0 aliphatic carbocycles. The normalized spacial score (nSPS) is 16.6. The summed E-state index contributed by atoms with van der Waals surface area (Å²) >= 11 is 0. The van der Waals surface area contributed by atoms with Gasteiger partial charge in [-0.3, -0.25) is 4.18 Å². The number of benzene rings is 5. The number of hydrogen-bond acceptors (Lipinski definition) is 6. The van der Waals surface area contributed by atoms with Crippen molar-refractivity contribution in [3.05, 3.63) is 167 Å². The first kappa shape index (κ1) is 66.8. The molecule has 0 amide bonds.